The molecule has 1 saturated heterocycles. The van der Waals surface area contributed by atoms with Gasteiger partial charge in [0.25, 0.3) is 5.91 Å². The predicted molar refractivity (Wildman–Crippen MR) is 69.0 cm³/mol. The number of hydrogen-bond acceptors (Lipinski definition) is 3. The Balaban J connectivity index is 2.48. The van der Waals surface area contributed by atoms with Gasteiger partial charge in [-0.05, 0) is 32.7 Å². The lowest BCUT2D eigenvalue weighted by molar-refractivity contribution is -0.141. The zero-order chi connectivity index (χ0) is 12.7. The summed E-state index contributed by atoms with van der Waals surface area (Å²) >= 11 is 0. The monoisotopic (exact) mass is 242 g/mol. The molecule has 0 saturated carbocycles. The Morgan fingerprint density at radius 2 is 2.29 bits per heavy atom. The molecule has 1 aliphatic rings. The fourth-order valence-corrected chi connectivity index (χ4v) is 2.27. The Bertz CT molecular complexity index is 227. The van der Waals surface area contributed by atoms with E-state index in [1.807, 2.05) is 11.8 Å². The van der Waals surface area contributed by atoms with E-state index in [2.05, 4.69) is 12.2 Å². The molecule has 4 nitrogen and oxygen atoms in total. The minimum atomic E-state index is -0.329. The molecular weight excluding hydrogens is 216 g/mol. The van der Waals surface area contributed by atoms with Crippen molar-refractivity contribution in [3.8, 4) is 0 Å². The van der Waals surface area contributed by atoms with E-state index in [1.165, 1.54) is 19.3 Å². The second-order valence-corrected chi connectivity index (χ2v) is 4.81. The highest BCUT2D eigenvalue weighted by Gasteiger charge is 2.23. The lowest BCUT2D eigenvalue weighted by Gasteiger charge is -2.31. The summed E-state index contributed by atoms with van der Waals surface area (Å²) in [6, 6.07) is 0.461. The van der Waals surface area contributed by atoms with Gasteiger partial charge >= 0.3 is 0 Å². The van der Waals surface area contributed by atoms with Crippen LogP contribution in [-0.2, 0) is 9.53 Å². The van der Waals surface area contributed by atoms with Crippen LogP contribution in [0.15, 0.2) is 0 Å². The zero-order valence-electron chi connectivity index (χ0n) is 11.4. The molecular formula is C13H26N2O2. The number of hydrogen-bond donors (Lipinski definition) is 1. The number of piperidine rings is 1. The van der Waals surface area contributed by atoms with Crippen molar-refractivity contribution in [1.82, 2.24) is 10.2 Å². The van der Waals surface area contributed by atoms with Crippen LogP contribution >= 0.6 is 0 Å². The Labute approximate surface area is 105 Å². The van der Waals surface area contributed by atoms with Crippen molar-refractivity contribution in [3.05, 3.63) is 0 Å². The van der Waals surface area contributed by atoms with E-state index in [1.54, 1.807) is 7.11 Å². The molecule has 2 atom stereocenters. The topological polar surface area (TPSA) is 41.6 Å². The molecule has 1 N–H and O–H groups in total. The number of nitrogens with zero attached hydrogens (tertiary/aromatic N) is 1. The quantitative estimate of drug-likeness (QED) is 0.765. The summed E-state index contributed by atoms with van der Waals surface area (Å²) in [5, 5.41) is 3.49. The zero-order valence-corrected chi connectivity index (χ0v) is 11.4. The molecule has 2 unspecified atom stereocenters. The molecule has 0 aromatic carbocycles. The van der Waals surface area contributed by atoms with Crippen LogP contribution in [0.5, 0.6) is 0 Å². The third kappa shape index (κ3) is 4.64. The predicted octanol–water partition coefficient (Wildman–Crippen LogP) is 1.40. The van der Waals surface area contributed by atoms with Crippen molar-refractivity contribution >= 4 is 5.91 Å². The third-order valence-electron chi connectivity index (χ3n) is 3.36. The number of rotatable bonds is 6. The number of ether oxygens (including phenoxy) is 1. The Morgan fingerprint density at radius 3 is 2.82 bits per heavy atom. The molecule has 0 spiro atoms. The SMILES string of the molecule is CCCN(CC1CCCCN1)C(=O)C(C)OC. The fourth-order valence-electron chi connectivity index (χ4n) is 2.27. The van der Waals surface area contributed by atoms with Crippen LogP contribution in [0.4, 0.5) is 0 Å². The number of carbonyl (C=O) groups is 1. The van der Waals surface area contributed by atoms with Gasteiger partial charge in [0.2, 0.25) is 0 Å². The maximum atomic E-state index is 12.1. The standard InChI is InChI=1S/C13H26N2O2/c1-4-9-15(13(16)11(2)17-3)10-12-7-5-6-8-14-12/h11-12,14H,4-10H2,1-3H3. The molecule has 0 aromatic heterocycles. The van der Waals surface area contributed by atoms with Crippen molar-refractivity contribution in [2.24, 2.45) is 0 Å². The summed E-state index contributed by atoms with van der Waals surface area (Å²) in [5.74, 6) is 0.113. The van der Waals surface area contributed by atoms with Gasteiger partial charge in [-0.1, -0.05) is 13.3 Å². The first-order chi connectivity index (χ1) is 8.19. The summed E-state index contributed by atoms with van der Waals surface area (Å²) in [4.78, 5) is 14.1. The molecule has 1 fully saturated rings. The maximum Gasteiger partial charge on any atom is 0.251 e. The van der Waals surface area contributed by atoms with E-state index in [0.29, 0.717) is 6.04 Å². The van der Waals surface area contributed by atoms with Gasteiger partial charge in [-0.2, -0.15) is 0 Å². The first-order valence-electron chi connectivity index (χ1n) is 6.74. The molecule has 17 heavy (non-hydrogen) atoms. The second-order valence-electron chi connectivity index (χ2n) is 4.81. The minimum absolute atomic E-state index is 0.113. The molecule has 0 aromatic rings. The van der Waals surface area contributed by atoms with E-state index < -0.39 is 0 Å². The molecule has 100 valence electrons. The molecule has 0 radical (unpaired) electrons. The molecule has 1 rings (SSSR count). The first kappa shape index (κ1) is 14.5. The Hall–Kier alpha value is -0.610. The first-order valence-corrected chi connectivity index (χ1v) is 6.74. The van der Waals surface area contributed by atoms with E-state index in [0.717, 1.165) is 26.1 Å². The molecule has 1 heterocycles. The Morgan fingerprint density at radius 1 is 1.53 bits per heavy atom. The van der Waals surface area contributed by atoms with Crippen LogP contribution < -0.4 is 5.32 Å². The van der Waals surface area contributed by atoms with Crippen LogP contribution in [0.2, 0.25) is 0 Å². The molecule has 1 amide bonds. The van der Waals surface area contributed by atoms with Crippen LogP contribution in [0.1, 0.15) is 39.5 Å². The summed E-state index contributed by atoms with van der Waals surface area (Å²) in [6.07, 6.45) is 4.37. The number of carbonyl (C=O) groups excluding carboxylic acids is 1. The van der Waals surface area contributed by atoms with Gasteiger partial charge in [-0.25, -0.2) is 0 Å². The third-order valence-corrected chi connectivity index (χ3v) is 3.36. The number of amides is 1. The lowest BCUT2D eigenvalue weighted by atomic mass is 10.0. The maximum absolute atomic E-state index is 12.1. The number of methoxy groups -OCH3 is 1. The van der Waals surface area contributed by atoms with E-state index in [4.69, 9.17) is 4.74 Å². The normalized spacial score (nSPS) is 22.2. The van der Waals surface area contributed by atoms with Gasteiger partial charge in [-0.3, -0.25) is 4.79 Å². The van der Waals surface area contributed by atoms with Crippen LogP contribution in [0, 0.1) is 0 Å². The molecule has 0 aliphatic carbocycles. The van der Waals surface area contributed by atoms with Crippen molar-refractivity contribution in [3.63, 3.8) is 0 Å². The highest BCUT2D eigenvalue weighted by molar-refractivity contribution is 5.80. The smallest absolute Gasteiger partial charge is 0.251 e. The molecule has 1 aliphatic heterocycles. The average molecular weight is 242 g/mol. The van der Waals surface area contributed by atoms with Crippen LogP contribution in [-0.4, -0.2) is 49.7 Å². The van der Waals surface area contributed by atoms with Crippen molar-refractivity contribution in [1.29, 1.82) is 0 Å². The second kappa shape index (κ2) is 7.67. The number of nitrogens with one attached hydrogen (secondary N) is 1. The highest BCUT2D eigenvalue weighted by atomic mass is 16.5. The van der Waals surface area contributed by atoms with Crippen LogP contribution in [0.25, 0.3) is 0 Å². The van der Waals surface area contributed by atoms with Gasteiger partial charge in [0, 0.05) is 26.2 Å². The summed E-state index contributed by atoms with van der Waals surface area (Å²) in [7, 11) is 1.59. The molecule has 4 heteroatoms. The van der Waals surface area contributed by atoms with Gasteiger partial charge in [0.05, 0.1) is 0 Å². The van der Waals surface area contributed by atoms with Gasteiger partial charge in [-0.15, -0.1) is 0 Å². The lowest BCUT2D eigenvalue weighted by Crippen LogP contribution is -2.48. The fraction of sp³-hybridized carbons (Fsp3) is 0.923. The van der Waals surface area contributed by atoms with E-state index in [9.17, 15) is 4.79 Å². The molecule has 0 bridgehead atoms. The minimum Gasteiger partial charge on any atom is -0.372 e. The average Bonchev–Trinajstić information content (AvgIpc) is 2.37. The van der Waals surface area contributed by atoms with E-state index >= 15 is 0 Å². The van der Waals surface area contributed by atoms with Gasteiger partial charge in [0.1, 0.15) is 6.10 Å². The van der Waals surface area contributed by atoms with Crippen molar-refractivity contribution in [2.45, 2.75) is 51.7 Å². The van der Waals surface area contributed by atoms with Crippen molar-refractivity contribution in [2.75, 3.05) is 26.7 Å². The van der Waals surface area contributed by atoms with Gasteiger partial charge in [0.15, 0.2) is 0 Å². The Kier molecular flexibility index (Phi) is 6.52. The van der Waals surface area contributed by atoms with Gasteiger partial charge < -0.3 is 15.0 Å². The largest absolute Gasteiger partial charge is 0.372 e. The van der Waals surface area contributed by atoms with E-state index in [-0.39, 0.29) is 12.0 Å². The van der Waals surface area contributed by atoms with Crippen LogP contribution in [0.3, 0.4) is 0 Å². The van der Waals surface area contributed by atoms with Crippen molar-refractivity contribution < 1.29 is 9.53 Å². The summed E-state index contributed by atoms with van der Waals surface area (Å²) in [5.41, 5.74) is 0. The highest BCUT2D eigenvalue weighted by Crippen LogP contribution is 2.10. The summed E-state index contributed by atoms with van der Waals surface area (Å²) in [6.45, 7) is 6.65. The summed E-state index contributed by atoms with van der Waals surface area (Å²) < 4.78 is 5.12.